The predicted molar refractivity (Wildman–Crippen MR) is 92.6 cm³/mol. The number of ether oxygens (including phenoxy) is 1. The van der Waals surface area contributed by atoms with Gasteiger partial charge in [-0.3, -0.25) is 8.98 Å². The zero-order chi connectivity index (χ0) is 19.3. The van der Waals surface area contributed by atoms with E-state index in [-0.39, 0.29) is 18.9 Å². The fourth-order valence-corrected chi connectivity index (χ4v) is 2.10. The van der Waals surface area contributed by atoms with E-state index in [4.69, 9.17) is 10.5 Å². The number of rotatable bonds is 7. The van der Waals surface area contributed by atoms with Gasteiger partial charge in [0.1, 0.15) is 5.60 Å². The van der Waals surface area contributed by atoms with Gasteiger partial charge in [0.05, 0.1) is 18.9 Å². The molecule has 0 aliphatic carbocycles. The maximum absolute atomic E-state index is 12.2. The largest absolute Gasteiger partial charge is 0.444 e. The van der Waals surface area contributed by atoms with Crippen LogP contribution >= 0.6 is 0 Å². The molecule has 0 saturated heterocycles. The number of carbonyl (C=O) groups is 2. The molecule has 0 heterocycles. The van der Waals surface area contributed by atoms with Crippen LogP contribution in [0.3, 0.4) is 0 Å². The van der Waals surface area contributed by atoms with Crippen molar-refractivity contribution in [3.63, 3.8) is 0 Å². The molecule has 0 saturated carbocycles. The molecule has 1 aromatic rings. The number of hydrogen-bond donors (Lipinski definition) is 2. The lowest BCUT2D eigenvalue weighted by molar-refractivity contribution is 0.0524. The third-order valence-electron chi connectivity index (χ3n) is 2.88. The Hall–Kier alpha value is -1.97. The molecule has 9 heteroatoms. The lowest BCUT2D eigenvalue weighted by Crippen LogP contribution is -2.44. The number of Topliss-reactive ketones (excluding diaryl/α,β-unsaturated/α-hetero) is 1. The fraction of sp³-hybridized carbons (Fsp3) is 0.500. The van der Waals surface area contributed by atoms with Gasteiger partial charge in [0.15, 0.2) is 5.78 Å². The smallest absolute Gasteiger partial charge is 0.407 e. The van der Waals surface area contributed by atoms with E-state index in [0.29, 0.717) is 11.1 Å². The summed E-state index contributed by atoms with van der Waals surface area (Å²) >= 11 is 0. The van der Waals surface area contributed by atoms with Gasteiger partial charge in [0, 0.05) is 12.1 Å². The highest BCUT2D eigenvalue weighted by Gasteiger charge is 2.20. The molecule has 0 radical (unpaired) electrons. The molecule has 1 atom stereocenters. The van der Waals surface area contributed by atoms with Gasteiger partial charge < -0.3 is 15.8 Å². The van der Waals surface area contributed by atoms with Crippen LogP contribution in [0.4, 0.5) is 4.79 Å². The standard InChI is InChI=1S/C16H24N2O6S/c1-16(2,3)24-15(20)18-9-13(17)14(19)12-7-5-11(6-8-12)10-23-25(4,21)22/h5-8,13H,9-10,17H2,1-4H3,(H,18,20). The van der Waals surface area contributed by atoms with E-state index in [9.17, 15) is 18.0 Å². The molecule has 8 nitrogen and oxygen atoms in total. The van der Waals surface area contributed by atoms with Crippen molar-refractivity contribution >= 4 is 22.0 Å². The summed E-state index contributed by atoms with van der Waals surface area (Å²) in [4.78, 5) is 23.8. The van der Waals surface area contributed by atoms with Gasteiger partial charge in [0.25, 0.3) is 10.1 Å². The van der Waals surface area contributed by atoms with E-state index < -0.39 is 27.9 Å². The maximum Gasteiger partial charge on any atom is 0.407 e. The van der Waals surface area contributed by atoms with E-state index in [2.05, 4.69) is 9.50 Å². The normalized spacial score (nSPS) is 13.2. The van der Waals surface area contributed by atoms with Crippen molar-refractivity contribution in [2.45, 2.75) is 39.0 Å². The first-order valence-electron chi connectivity index (χ1n) is 7.57. The predicted octanol–water partition coefficient (Wildman–Crippen LogP) is 1.20. The molecule has 1 amide bonds. The molecule has 1 unspecified atom stereocenters. The highest BCUT2D eigenvalue weighted by molar-refractivity contribution is 7.85. The average Bonchev–Trinajstić information content (AvgIpc) is 2.48. The third-order valence-corrected chi connectivity index (χ3v) is 3.43. The molecule has 0 aliphatic rings. The first-order chi connectivity index (χ1) is 11.4. The minimum atomic E-state index is -3.53. The Morgan fingerprint density at radius 1 is 1.20 bits per heavy atom. The van der Waals surface area contributed by atoms with Gasteiger partial charge in [-0.25, -0.2) is 4.79 Å². The molecule has 0 bridgehead atoms. The van der Waals surface area contributed by atoms with E-state index in [1.54, 1.807) is 32.9 Å². The minimum absolute atomic E-state index is 0.0628. The van der Waals surface area contributed by atoms with E-state index in [1.807, 2.05) is 0 Å². The monoisotopic (exact) mass is 372 g/mol. The summed E-state index contributed by atoms with van der Waals surface area (Å²) in [5.74, 6) is -0.355. The highest BCUT2D eigenvalue weighted by atomic mass is 32.2. The number of amides is 1. The molecule has 0 aromatic heterocycles. The van der Waals surface area contributed by atoms with Crippen LogP contribution in [0, 0.1) is 0 Å². The van der Waals surface area contributed by atoms with Crippen LogP contribution in [0.5, 0.6) is 0 Å². The topological polar surface area (TPSA) is 125 Å². The number of ketones is 1. The minimum Gasteiger partial charge on any atom is -0.444 e. The molecule has 0 spiro atoms. The molecule has 1 aromatic carbocycles. The number of benzene rings is 1. The van der Waals surface area contributed by atoms with Crippen molar-refractivity contribution < 1.29 is 26.9 Å². The number of nitrogens with two attached hydrogens (primary N) is 1. The second kappa shape index (κ2) is 8.41. The van der Waals surface area contributed by atoms with E-state index >= 15 is 0 Å². The molecule has 0 fully saturated rings. The summed E-state index contributed by atoms with van der Waals surface area (Å²) in [5, 5.41) is 2.44. The Balaban J connectivity index is 2.57. The van der Waals surface area contributed by atoms with Crippen LogP contribution < -0.4 is 11.1 Å². The molecule has 140 valence electrons. The first kappa shape index (κ1) is 21.1. The number of nitrogens with one attached hydrogen (secondary N) is 1. The molecule has 1 rings (SSSR count). The number of hydrogen-bond acceptors (Lipinski definition) is 7. The van der Waals surface area contributed by atoms with Crippen LogP contribution in [-0.2, 0) is 25.6 Å². The average molecular weight is 372 g/mol. The second-order valence-corrected chi connectivity index (χ2v) is 8.16. The number of carbonyl (C=O) groups excluding carboxylic acids is 2. The van der Waals surface area contributed by atoms with Crippen LogP contribution in [-0.4, -0.2) is 44.7 Å². The first-order valence-corrected chi connectivity index (χ1v) is 9.39. The summed E-state index contributed by atoms with van der Waals surface area (Å²) in [6.07, 6.45) is 0.311. The quantitative estimate of drug-likeness (QED) is 0.544. The summed E-state index contributed by atoms with van der Waals surface area (Å²) in [7, 11) is -3.53. The van der Waals surface area contributed by atoms with E-state index in [1.165, 1.54) is 12.1 Å². The van der Waals surface area contributed by atoms with Crippen LogP contribution in [0.15, 0.2) is 24.3 Å². The lowest BCUT2D eigenvalue weighted by Gasteiger charge is -2.20. The van der Waals surface area contributed by atoms with Crippen LogP contribution in [0.2, 0.25) is 0 Å². The Kier molecular flexibility index (Phi) is 7.09. The van der Waals surface area contributed by atoms with Crippen molar-refractivity contribution in [1.82, 2.24) is 5.32 Å². The summed E-state index contributed by atoms with van der Waals surface area (Å²) in [6.45, 7) is 5.01. The van der Waals surface area contributed by atoms with Crippen molar-refractivity contribution in [1.29, 1.82) is 0 Å². The highest BCUT2D eigenvalue weighted by Crippen LogP contribution is 2.09. The van der Waals surface area contributed by atoms with Gasteiger partial charge in [-0.05, 0) is 26.3 Å². The van der Waals surface area contributed by atoms with Crippen LogP contribution in [0.1, 0.15) is 36.7 Å². The van der Waals surface area contributed by atoms with Crippen molar-refractivity contribution in [3.05, 3.63) is 35.4 Å². The Bertz CT molecular complexity index is 707. The van der Waals surface area contributed by atoms with Crippen molar-refractivity contribution in [3.8, 4) is 0 Å². The second-order valence-electron chi connectivity index (χ2n) is 6.52. The summed E-state index contributed by atoms with van der Waals surface area (Å²) in [5.41, 5.74) is 6.10. The molecular formula is C16H24N2O6S. The maximum atomic E-state index is 12.2. The van der Waals surface area contributed by atoms with Gasteiger partial charge >= 0.3 is 6.09 Å². The lowest BCUT2D eigenvalue weighted by atomic mass is 10.0. The molecule has 3 N–H and O–H groups in total. The molecule has 0 aliphatic heterocycles. The Morgan fingerprint density at radius 2 is 1.76 bits per heavy atom. The molecular weight excluding hydrogens is 348 g/mol. The Morgan fingerprint density at radius 3 is 2.24 bits per heavy atom. The fourth-order valence-electron chi connectivity index (χ4n) is 1.75. The zero-order valence-corrected chi connectivity index (χ0v) is 15.6. The van der Waals surface area contributed by atoms with Gasteiger partial charge in [-0.2, -0.15) is 8.42 Å². The number of alkyl carbamates (subject to hydrolysis) is 1. The third kappa shape index (κ3) is 8.62. The van der Waals surface area contributed by atoms with Gasteiger partial charge in [0.2, 0.25) is 0 Å². The van der Waals surface area contributed by atoms with E-state index in [0.717, 1.165) is 6.26 Å². The van der Waals surface area contributed by atoms with Crippen molar-refractivity contribution in [2.24, 2.45) is 5.73 Å². The van der Waals surface area contributed by atoms with Gasteiger partial charge in [-0.15, -0.1) is 0 Å². The summed E-state index contributed by atoms with van der Waals surface area (Å²) in [6, 6.07) is 5.28. The Labute approximate surface area is 147 Å². The zero-order valence-electron chi connectivity index (χ0n) is 14.7. The summed E-state index contributed by atoms with van der Waals surface area (Å²) < 4.78 is 31.6. The van der Waals surface area contributed by atoms with Crippen LogP contribution in [0.25, 0.3) is 0 Å². The molecule has 25 heavy (non-hydrogen) atoms. The SMILES string of the molecule is CC(C)(C)OC(=O)NCC(N)C(=O)c1ccc(COS(C)(=O)=O)cc1. The van der Waals surface area contributed by atoms with Gasteiger partial charge in [-0.1, -0.05) is 24.3 Å². The van der Waals surface area contributed by atoms with Crippen molar-refractivity contribution in [2.75, 3.05) is 12.8 Å².